The van der Waals surface area contributed by atoms with E-state index in [1.165, 1.54) is 29.2 Å². The van der Waals surface area contributed by atoms with Crippen LogP contribution in [0, 0.1) is 10.1 Å². The molecule has 36 heavy (non-hydrogen) atoms. The first-order valence-electron chi connectivity index (χ1n) is 11.7. The lowest BCUT2D eigenvalue weighted by Gasteiger charge is -2.25. The molecule has 4 rings (SSSR count). The van der Waals surface area contributed by atoms with Crippen LogP contribution in [0.3, 0.4) is 0 Å². The number of nitro groups is 1. The third-order valence-corrected chi connectivity index (χ3v) is 6.04. The maximum atomic E-state index is 13.2. The summed E-state index contributed by atoms with van der Waals surface area (Å²) in [5, 5.41) is 22.3. The van der Waals surface area contributed by atoms with Gasteiger partial charge in [0.2, 0.25) is 0 Å². The minimum absolute atomic E-state index is 0.0517. The van der Waals surface area contributed by atoms with Crippen molar-refractivity contribution in [2.45, 2.75) is 25.8 Å². The Kier molecular flexibility index (Phi) is 7.44. The maximum absolute atomic E-state index is 13.2. The molecule has 1 atom stereocenters. The Morgan fingerprint density at radius 1 is 1.00 bits per heavy atom. The Morgan fingerprint density at radius 2 is 1.67 bits per heavy atom. The lowest BCUT2D eigenvalue weighted by atomic mass is 9.95. The number of amides is 1. The van der Waals surface area contributed by atoms with E-state index in [1.807, 2.05) is 37.3 Å². The highest BCUT2D eigenvalue weighted by atomic mass is 16.6. The van der Waals surface area contributed by atoms with Crippen LogP contribution in [0.15, 0.2) is 84.4 Å². The number of aliphatic hydroxyl groups excluding tert-OH is 1. The van der Waals surface area contributed by atoms with Crippen LogP contribution in [-0.4, -0.2) is 39.8 Å². The smallest absolute Gasteiger partial charge is 0.295 e. The van der Waals surface area contributed by atoms with Crippen molar-refractivity contribution in [3.05, 3.63) is 111 Å². The van der Waals surface area contributed by atoms with Gasteiger partial charge >= 0.3 is 0 Å². The number of ether oxygens (including phenoxy) is 1. The molecular weight excluding hydrogens is 460 g/mol. The Hall–Kier alpha value is -4.46. The number of hydrogen-bond donors (Lipinski definition) is 1. The molecule has 184 valence electrons. The zero-order valence-electron chi connectivity index (χ0n) is 19.8. The van der Waals surface area contributed by atoms with Crippen LogP contribution in [0.5, 0.6) is 5.75 Å². The molecule has 3 aromatic rings. The Labute approximate surface area is 208 Å². The van der Waals surface area contributed by atoms with Crippen LogP contribution >= 0.6 is 0 Å². The highest BCUT2D eigenvalue weighted by molar-refractivity contribution is 6.46. The minimum atomic E-state index is -0.884. The number of aliphatic hydroxyl groups is 1. The second kappa shape index (κ2) is 10.9. The number of likely N-dealkylation sites (tertiary alicyclic amines) is 1. The summed E-state index contributed by atoms with van der Waals surface area (Å²) in [6.45, 7) is 2.78. The van der Waals surface area contributed by atoms with Crippen molar-refractivity contribution in [2.75, 3.05) is 13.2 Å². The van der Waals surface area contributed by atoms with Gasteiger partial charge in [0.1, 0.15) is 11.5 Å². The number of nitrogens with zero attached hydrogens (tertiary/aromatic N) is 2. The number of ketones is 1. The van der Waals surface area contributed by atoms with Gasteiger partial charge in [-0.2, -0.15) is 0 Å². The van der Waals surface area contributed by atoms with Crippen LogP contribution in [-0.2, 0) is 16.0 Å². The van der Waals surface area contributed by atoms with Gasteiger partial charge < -0.3 is 14.7 Å². The molecule has 1 unspecified atom stereocenters. The van der Waals surface area contributed by atoms with E-state index in [0.717, 1.165) is 12.0 Å². The Balaban J connectivity index is 1.74. The average molecular weight is 487 g/mol. The van der Waals surface area contributed by atoms with Crippen molar-refractivity contribution in [1.29, 1.82) is 0 Å². The molecule has 0 bridgehead atoms. The van der Waals surface area contributed by atoms with Crippen LogP contribution in [0.25, 0.3) is 5.76 Å². The third-order valence-electron chi connectivity index (χ3n) is 6.04. The highest BCUT2D eigenvalue weighted by Gasteiger charge is 2.45. The summed E-state index contributed by atoms with van der Waals surface area (Å²) < 4.78 is 5.58. The quantitative estimate of drug-likeness (QED) is 0.149. The average Bonchev–Trinajstić information content (AvgIpc) is 3.16. The van der Waals surface area contributed by atoms with Gasteiger partial charge in [0.25, 0.3) is 17.4 Å². The molecular formula is C28H26N2O6. The number of Topliss-reactive ketones (excluding diaryl/α,β-unsaturated/α-hetero) is 1. The number of rotatable bonds is 9. The molecule has 1 N–H and O–H groups in total. The predicted molar refractivity (Wildman–Crippen MR) is 134 cm³/mol. The number of non-ortho nitro benzene ring substituents is 1. The number of benzene rings is 3. The molecule has 1 heterocycles. The second-order valence-corrected chi connectivity index (χ2v) is 8.45. The topological polar surface area (TPSA) is 110 Å². The lowest BCUT2D eigenvalue weighted by molar-refractivity contribution is -0.384. The summed E-state index contributed by atoms with van der Waals surface area (Å²) in [7, 11) is 0. The number of carbonyl (C=O) groups is 2. The van der Waals surface area contributed by atoms with E-state index in [1.54, 1.807) is 24.3 Å². The zero-order valence-corrected chi connectivity index (χ0v) is 19.8. The lowest BCUT2D eigenvalue weighted by Crippen LogP contribution is -2.31. The van der Waals surface area contributed by atoms with E-state index in [-0.39, 0.29) is 23.6 Å². The minimum Gasteiger partial charge on any atom is -0.507 e. The molecule has 1 fully saturated rings. The first-order valence-corrected chi connectivity index (χ1v) is 11.7. The molecule has 8 nitrogen and oxygen atoms in total. The van der Waals surface area contributed by atoms with E-state index in [9.17, 15) is 24.8 Å². The molecule has 8 heteroatoms. The molecule has 1 aliphatic heterocycles. The molecule has 0 aliphatic carbocycles. The van der Waals surface area contributed by atoms with Crippen molar-refractivity contribution in [3.63, 3.8) is 0 Å². The molecule has 1 saturated heterocycles. The standard InChI is InChI=1S/C28H26N2O6/c1-2-18-36-23-14-10-21(11-15-23)26(31)24-25(20-8-12-22(13-9-20)30(34)35)29(28(33)27(24)32)17-16-19-6-4-3-5-7-19/h3-15,25,31H,2,16-18H2,1H3. The molecule has 3 aromatic carbocycles. The summed E-state index contributed by atoms with van der Waals surface area (Å²) in [6.07, 6.45) is 1.35. The van der Waals surface area contributed by atoms with Gasteiger partial charge in [0.15, 0.2) is 0 Å². The third kappa shape index (κ3) is 5.12. The van der Waals surface area contributed by atoms with Crippen molar-refractivity contribution in [1.82, 2.24) is 4.90 Å². The molecule has 1 amide bonds. The van der Waals surface area contributed by atoms with Gasteiger partial charge in [-0.05, 0) is 60.4 Å². The SMILES string of the molecule is CCCOc1ccc(C(O)=C2C(=O)C(=O)N(CCc3ccccc3)C2c2ccc([N+](=O)[O-])cc2)cc1. The summed E-state index contributed by atoms with van der Waals surface area (Å²) in [5.74, 6) is -1.20. The fourth-order valence-corrected chi connectivity index (χ4v) is 4.21. The van der Waals surface area contributed by atoms with E-state index < -0.39 is 22.7 Å². The predicted octanol–water partition coefficient (Wildman–Crippen LogP) is 5.05. The molecule has 0 saturated carbocycles. The van der Waals surface area contributed by atoms with Crippen LogP contribution in [0.2, 0.25) is 0 Å². The number of carbonyl (C=O) groups excluding carboxylic acids is 2. The number of nitro benzene ring substituents is 1. The Bertz CT molecular complexity index is 1280. The molecule has 0 spiro atoms. The first-order chi connectivity index (χ1) is 17.4. The van der Waals surface area contributed by atoms with Gasteiger partial charge in [-0.15, -0.1) is 0 Å². The Morgan fingerprint density at radius 3 is 2.28 bits per heavy atom. The van der Waals surface area contributed by atoms with Gasteiger partial charge in [-0.25, -0.2) is 0 Å². The first kappa shape index (κ1) is 24.7. The van der Waals surface area contributed by atoms with E-state index in [0.29, 0.717) is 29.9 Å². The van der Waals surface area contributed by atoms with E-state index in [2.05, 4.69) is 0 Å². The zero-order chi connectivity index (χ0) is 25.7. The van der Waals surface area contributed by atoms with E-state index >= 15 is 0 Å². The van der Waals surface area contributed by atoms with Gasteiger partial charge in [0, 0.05) is 24.2 Å². The maximum Gasteiger partial charge on any atom is 0.295 e. The summed E-state index contributed by atoms with van der Waals surface area (Å²) in [5.41, 5.74) is 1.69. The van der Waals surface area contributed by atoms with Crippen LogP contribution < -0.4 is 4.74 Å². The van der Waals surface area contributed by atoms with Gasteiger partial charge in [-0.3, -0.25) is 19.7 Å². The molecule has 0 radical (unpaired) electrons. The second-order valence-electron chi connectivity index (χ2n) is 8.45. The van der Waals surface area contributed by atoms with Crippen molar-refractivity contribution in [3.8, 4) is 5.75 Å². The number of hydrogen-bond acceptors (Lipinski definition) is 6. The summed E-state index contributed by atoms with van der Waals surface area (Å²) in [6, 6.07) is 21.0. The van der Waals surface area contributed by atoms with Crippen LogP contribution in [0.1, 0.15) is 36.1 Å². The van der Waals surface area contributed by atoms with Gasteiger partial charge in [-0.1, -0.05) is 37.3 Å². The summed E-state index contributed by atoms with van der Waals surface area (Å²) in [4.78, 5) is 38.3. The molecule has 1 aliphatic rings. The summed E-state index contributed by atoms with van der Waals surface area (Å²) >= 11 is 0. The fourth-order valence-electron chi connectivity index (χ4n) is 4.21. The van der Waals surface area contributed by atoms with Crippen molar-refractivity contribution in [2.24, 2.45) is 0 Å². The normalized spacial score (nSPS) is 16.8. The monoisotopic (exact) mass is 486 g/mol. The highest BCUT2D eigenvalue weighted by Crippen LogP contribution is 2.40. The molecule has 0 aromatic heterocycles. The largest absolute Gasteiger partial charge is 0.507 e. The van der Waals surface area contributed by atoms with Crippen molar-refractivity contribution >= 4 is 23.1 Å². The fraction of sp³-hybridized carbons (Fsp3) is 0.214. The van der Waals surface area contributed by atoms with E-state index in [4.69, 9.17) is 4.74 Å². The van der Waals surface area contributed by atoms with Crippen LogP contribution in [0.4, 0.5) is 5.69 Å². The van der Waals surface area contributed by atoms with Crippen molar-refractivity contribution < 1.29 is 24.4 Å². The van der Waals surface area contributed by atoms with Gasteiger partial charge in [0.05, 0.1) is 23.1 Å².